The first-order valence-electron chi connectivity index (χ1n) is 3.23. The SMILES string of the molecule is O=C(O)c1cc(CBr)ccc1I. The summed E-state index contributed by atoms with van der Waals surface area (Å²) in [6, 6.07) is 5.39. The average molecular weight is 341 g/mol. The number of alkyl halides is 1. The van der Waals surface area contributed by atoms with Crippen molar-refractivity contribution in [2.24, 2.45) is 0 Å². The number of hydrogen-bond donors (Lipinski definition) is 1. The van der Waals surface area contributed by atoms with Crippen molar-refractivity contribution in [3.63, 3.8) is 0 Å². The summed E-state index contributed by atoms with van der Waals surface area (Å²) in [5.74, 6) is -0.873. The molecule has 0 radical (unpaired) electrons. The minimum atomic E-state index is -0.873. The van der Waals surface area contributed by atoms with Gasteiger partial charge in [0, 0.05) is 8.90 Å². The lowest BCUT2D eigenvalue weighted by atomic mass is 10.1. The fourth-order valence-corrected chi connectivity index (χ4v) is 1.73. The highest BCUT2D eigenvalue weighted by Gasteiger charge is 2.07. The maximum absolute atomic E-state index is 10.7. The van der Waals surface area contributed by atoms with Crippen LogP contribution in [-0.4, -0.2) is 11.1 Å². The second kappa shape index (κ2) is 4.23. The molecule has 0 aromatic heterocycles. The molecule has 64 valence electrons. The number of halogens is 2. The Morgan fingerprint density at radius 1 is 1.58 bits per heavy atom. The van der Waals surface area contributed by atoms with E-state index in [1.54, 1.807) is 12.1 Å². The van der Waals surface area contributed by atoms with Crippen molar-refractivity contribution in [2.75, 3.05) is 0 Å². The zero-order chi connectivity index (χ0) is 9.14. The van der Waals surface area contributed by atoms with Crippen molar-refractivity contribution >= 4 is 44.5 Å². The maximum atomic E-state index is 10.7. The molecule has 0 fully saturated rings. The molecule has 0 spiro atoms. The summed E-state index contributed by atoms with van der Waals surface area (Å²) < 4.78 is 0.768. The lowest BCUT2D eigenvalue weighted by molar-refractivity contribution is 0.0695. The smallest absolute Gasteiger partial charge is 0.336 e. The van der Waals surface area contributed by atoms with E-state index in [9.17, 15) is 4.79 Å². The van der Waals surface area contributed by atoms with E-state index in [2.05, 4.69) is 15.9 Å². The molecule has 0 saturated carbocycles. The first kappa shape index (κ1) is 9.98. The number of hydrogen-bond acceptors (Lipinski definition) is 1. The Morgan fingerprint density at radius 2 is 2.25 bits per heavy atom. The van der Waals surface area contributed by atoms with Crippen molar-refractivity contribution in [3.8, 4) is 0 Å². The fraction of sp³-hybridized carbons (Fsp3) is 0.125. The molecule has 2 nitrogen and oxygen atoms in total. The molecule has 0 bridgehead atoms. The van der Waals surface area contributed by atoms with Gasteiger partial charge in [0.25, 0.3) is 0 Å². The summed E-state index contributed by atoms with van der Waals surface area (Å²) in [4.78, 5) is 10.7. The largest absolute Gasteiger partial charge is 0.478 e. The summed E-state index contributed by atoms with van der Waals surface area (Å²) in [6.45, 7) is 0. The Labute approximate surface area is 92.2 Å². The molecule has 0 atom stereocenters. The van der Waals surface area contributed by atoms with Crippen molar-refractivity contribution in [1.82, 2.24) is 0 Å². The second-order valence-electron chi connectivity index (χ2n) is 2.25. The lowest BCUT2D eigenvalue weighted by Crippen LogP contribution is -2.00. The standard InChI is InChI=1S/C8H6BrIO2/c9-4-5-1-2-7(10)6(3-5)8(11)12/h1-3H,4H2,(H,11,12). The van der Waals surface area contributed by atoms with Gasteiger partial charge in [-0.05, 0) is 40.3 Å². The molecule has 4 heteroatoms. The lowest BCUT2D eigenvalue weighted by Gasteiger charge is -2.00. The Hall–Kier alpha value is -0.100. The van der Waals surface area contributed by atoms with E-state index >= 15 is 0 Å². The zero-order valence-electron chi connectivity index (χ0n) is 6.05. The number of aromatic carboxylic acids is 1. The highest BCUT2D eigenvalue weighted by Crippen LogP contribution is 2.16. The monoisotopic (exact) mass is 340 g/mol. The van der Waals surface area contributed by atoms with Crippen LogP contribution < -0.4 is 0 Å². The summed E-state index contributed by atoms with van der Waals surface area (Å²) in [5.41, 5.74) is 1.35. The Balaban J connectivity index is 3.17. The van der Waals surface area contributed by atoms with Crippen LogP contribution in [0.5, 0.6) is 0 Å². The molecule has 12 heavy (non-hydrogen) atoms. The fourth-order valence-electron chi connectivity index (χ4n) is 0.819. The van der Waals surface area contributed by atoms with Gasteiger partial charge in [0.2, 0.25) is 0 Å². The van der Waals surface area contributed by atoms with Crippen molar-refractivity contribution < 1.29 is 9.90 Å². The van der Waals surface area contributed by atoms with Crippen LogP contribution in [0.3, 0.4) is 0 Å². The highest BCUT2D eigenvalue weighted by molar-refractivity contribution is 14.1. The molecule has 0 aliphatic rings. The maximum Gasteiger partial charge on any atom is 0.336 e. The van der Waals surface area contributed by atoms with Crippen LogP contribution in [0.25, 0.3) is 0 Å². The van der Waals surface area contributed by atoms with Gasteiger partial charge in [-0.2, -0.15) is 0 Å². The molecule has 0 saturated heterocycles. The zero-order valence-corrected chi connectivity index (χ0v) is 9.79. The molecule has 1 aromatic rings. The Morgan fingerprint density at radius 3 is 2.75 bits per heavy atom. The van der Waals surface area contributed by atoms with Crippen LogP contribution in [0.1, 0.15) is 15.9 Å². The minimum absolute atomic E-state index is 0.368. The van der Waals surface area contributed by atoms with Gasteiger partial charge in [-0.15, -0.1) is 0 Å². The number of carbonyl (C=O) groups is 1. The van der Waals surface area contributed by atoms with E-state index in [1.807, 2.05) is 28.7 Å². The third-order valence-electron chi connectivity index (χ3n) is 1.42. The van der Waals surface area contributed by atoms with Gasteiger partial charge in [0.05, 0.1) is 5.56 Å². The van der Waals surface area contributed by atoms with Gasteiger partial charge < -0.3 is 5.11 Å². The van der Waals surface area contributed by atoms with Crippen LogP contribution in [-0.2, 0) is 5.33 Å². The molecular formula is C8H6BrIO2. The second-order valence-corrected chi connectivity index (χ2v) is 3.98. The van der Waals surface area contributed by atoms with Crippen LogP contribution in [0.15, 0.2) is 18.2 Å². The van der Waals surface area contributed by atoms with Crippen molar-refractivity contribution in [1.29, 1.82) is 0 Å². The number of benzene rings is 1. The van der Waals surface area contributed by atoms with E-state index in [0.29, 0.717) is 10.9 Å². The van der Waals surface area contributed by atoms with E-state index in [4.69, 9.17) is 5.11 Å². The van der Waals surface area contributed by atoms with Gasteiger partial charge in [0.1, 0.15) is 0 Å². The topological polar surface area (TPSA) is 37.3 Å². The van der Waals surface area contributed by atoms with Gasteiger partial charge in [-0.25, -0.2) is 4.79 Å². The van der Waals surface area contributed by atoms with Crippen molar-refractivity contribution in [2.45, 2.75) is 5.33 Å². The van der Waals surface area contributed by atoms with Crippen LogP contribution in [0.4, 0.5) is 0 Å². The predicted molar refractivity (Wildman–Crippen MR) is 58.7 cm³/mol. The third kappa shape index (κ3) is 2.20. The normalized spacial score (nSPS) is 9.83. The van der Waals surface area contributed by atoms with Gasteiger partial charge >= 0.3 is 5.97 Å². The van der Waals surface area contributed by atoms with Crippen molar-refractivity contribution in [3.05, 3.63) is 32.9 Å². The first-order chi connectivity index (χ1) is 5.65. The Kier molecular flexibility index (Phi) is 3.52. The van der Waals surface area contributed by atoms with Crippen LogP contribution in [0, 0.1) is 3.57 Å². The summed E-state index contributed by atoms with van der Waals surface area (Å²) in [5, 5.41) is 9.45. The summed E-state index contributed by atoms with van der Waals surface area (Å²) in [6.07, 6.45) is 0. The summed E-state index contributed by atoms with van der Waals surface area (Å²) in [7, 11) is 0. The van der Waals surface area contributed by atoms with E-state index in [0.717, 1.165) is 9.13 Å². The molecule has 0 aliphatic carbocycles. The molecule has 0 unspecified atom stereocenters. The molecule has 1 N–H and O–H groups in total. The van der Waals surface area contributed by atoms with E-state index < -0.39 is 5.97 Å². The number of carboxylic acids is 1. The minimum Gasteiger partial charge on any atom is -0.478 e. The Bertz CT molecular complexity index is 312. The first-order valence-corrected chi connectivity index (χ1v) is 5.43. The molecular weight excluding hydrogens is 335 g/mol. The highest BCUT2D eigenvalue weighted by atomic mass is 127. The van der Waals surface area contributed by atoms with Gasteiger partial charge in [-0.1, -0.05) is 22.0 Å². The van der Waals surface area contributed by atoms with E-state index in [1.165, 1.54) is 0 Å². The van der Waals surface area contributed by atoms with Crippen LogP contribution >= 0.6 is 38.5 Å². The van der Waals surface area contributed by atoms with Gasteiger partial charge in [-0.3, -0.25) is 0 Å². The molecule has 1 aromatic carbocycles. The molecule has 0 aliphatic heterocycles. The molecule has 0 amide bonds. The summed E-state index contributed by atoms with van der Waals surface area (Å²) >= 11 is 5.28. The van der Waals surface area contributed by atoms with E-state index in [-0.39, 0.29) is 0 Å². The quantitative estimate of drug-likeness (QED) is 0.664. The number of rotatable bonds is 2. The molecule has 1 rings (SSSR count). The van der Waals surface area contributed by atoms with Gasteiger partial charge in [0.15, 0.2) is 0 Å². The van der Waals surface area contributed by atoms with Crippen LogP contribution in [0.2, 0.25) is 0 Å². The average Bonchev–Trinajstić information content (AvgIpc) is 2.05. The number of carboxylic acid groups (broad SMARTS) is 1. The predicted octanol–water partition coefficient (Wildman–Crippen LogP) is 2.88. The molecule has 0 heterocycles. The third-order valence-corrected chi connectivity index (χ3v) is 3.00.